The van der Waals surface area contributed by atoms with Crippen LogP contribution in [0.2, 0.25) is 0 Å². The molecule has 0 spiro atoms. The summed E-state index contributed by atoms with van der Waals surface area (Å²) in [6.45, 7) is 6.65. The Morgan fingerprint density at radius 3 is 0.738 bits per heavy atom. The number of unbranched alkanes of at least 4 members (excludes halogenated alkanes) is 44. The van der Waals surface area contributed by atoms with E-state index in [2.05, 4.69) is 81.5 Å². The van der Waals surface area contributed by atoms with Crippen LogP contribution in [-0.2, 0) is 28.6 Å². The van der Waals surface area contributed by atoms with E-state index < -0.39 is 6.10 Å². The van der Waals surface area contributed by atoms with Crippen molar-refractivity contribution < 1.29 is 28.6 Å². The number of carbonyl (C=O) groups is 3. The van der Waals surface area contributed by atoms with Gasteiger partial charge in [0, 0.05) is 19.3 Å². The topological polar surface area (TPSA) is 78.9 Å². The first kappa shape index (κ1) is 77.1. The Morgan fingerprint density at radius 1 is 0.250 bits per heavy atom. The molecule has 0 fully saturated rings. The molecule has 0 aromatic carbocycles. The molecule has 0 heterocycles. The fourth-order valence-corrected chi connectivity index (χ4v) is 10.4. The predicted octanol–water partition coefficient (Wildman–Crippen LogP) is 24.3. The lowest BCUT2D eigenvalue weighted by atomic mass is 10.0. The second-order valence-corrected chi connectivity index (χ2v) is 23.8. The van der Waals surface area contributed by atoms with E-state index in [1.54, 1.807) is 0 Å². The molecule has 0 saturated heterocycles. The molecule has 1 atom stereocenters. The third kappa shape index (κ3) is 65.9. The van der Waals surface area contributed by atoms with Crippen LogP contribution in [0.1, 0.15) is 374 Å². The summed E-state index contributed by atoms with van der Waals surface area (Å²) >= 11 is 0. The second-order valence-electron chi connectivity index (χ2n) is 23.8. The zero-order chi connectivity index (χ0) is 57.8. The van der Waals surface area contributed by atoms with E-state index in [0.29, 0.717) is 19.3 Å². The average Bonchev–Trinajstić information content (AvgIpc) is 3.46. The number of hydrogen-bond donors (Lipinski definition) is 0. The van der Waals surface area contributed by atoms with Gasteiger partial charge in [-0.15, -0.1) is 0 Å². The molecule has 0 aliphatic carbocycles. The lowest BCUT2D eigenvalue weighted by molar-refractivity contribution is -0.167. The van der Waals surface area contributed by atoms with Crippen molar-refractivity contribution in [2.45, 2.75) is 380 Å². The predicted molar refractivity (Wildman–Crippen MR) is 348 cm³/mol. The smallest absolute Gasteiger partial charge is 0.306 e. The average molecular weight is 1120 g/mol. The molecule has 0 rings (SSSR count). The minimum absolute atomic E-state index is 0.0763. The van der Waals surface area contributed by atoms with Gasteiger partial charge >= 0.3 is 17.9 Å². The van der Waals surface area contributed by atoms with Crippen LogP contribution in [-0.4, -0.2) is 37.2 Å². The molecule has 1 unspecified atom stereocenters. The quantitative estimate of drug-likeness (QED) is 0.0261. The molecule has 6 nitrogen and oxygen atoms in total. The summed E-state index contributed by atoms with van der Waals surface area (Å²) in [6, 6.07) is 0. The van der Waals surface area contributed by atoms with Crippen molar-refractivity contribution in [2.24, 2.45) is 0 Å². The van der Waals surface area contributed by atoms with Crippen molar-refractivity contribution in [1.82, 2.24) is 0 Å². The molecule has 0 bridgehead atoms. The van der Waals surface area contributed by atoms with Crippen LogP contribution >= 0.6 is 0 Å². The zero-order valence-electron chi connectivity index (χ0n) is 53.6. The van der Waals surface area contributed by atoms with Crippen molar-refractivity contribution in [3.05, 3.63) is 60.8 Å². The largest absolute Gasteiger partial charge is 0.462 e. The van der Waals surface area contributed by atoms with E-state index in [9.17, 15) is 14.4 Å². The number of rotatable bonds is 65. The molecule has 0 N–H and O–H groups in total. The second kappa shape index (κ2) is 68.6. The molecule has 0 aromatic rings. The third-order valence-electron chi connectivity index (χ3n) is 15.7. The Morgan fingerprint density at radius 2 is 0.450 bits per heavy atom. The molecule has 0 amide bonds. The Kier molecular flexibility index (Phi) is 66.1. The number of hydrogen-bond acceptors (Lipinski definition) is 6. The first-order chi connectivity index (χ1) is 39.5. The lowest BCUT2D eigenvalue weighted by Gasteiger charge is -2.18. The van der Waals surface area contributed by atoms with E-state index in [-0.39, 0.29) is 31.1 Å². The molecule has 466 valence electrons. The van der Waals surface area contributed by atoms with Gasteiger partial charge in [-0.1, -0.05) is 306 Å². The Bertz CT molecular complexity index is 1430. The highest BCUT2D eigenvalue weighted by molar-refractivity contribution is 5.71. The highest BCUT2D eigenvalue weighted by Crippen LogP contribution is 2.17. The van der Waals surface area contributed by atoms with Crippen LogP contribution in [0.4, 0.5) is 0 Å². The number of esters is 3. The van der Waals surface area contributed by atoms with Gasteiger partial charge in [0.25, 0.3) is 0 Å². The van der Waals surface area contributed by atoms with Gasteiger partial charge in [0.1, 0.15) is 13.2 Å². The SMILES string of the molecule is CCCCC/C=C\CCCCCCCC(=O)OCC(COC(=O)CCCCCCCCCCCC/C=C\C/C=C\C/C=C\CCCCCCC)OC(=O)CCCCCCCCCCCCCCC/C=C\CCCCCCCCCC. The molecule has 0 aromatic heterocycles. The van der Waals surface area contributed by atoms with E-state index in [4.69, 9.17) is 14.2 Å². The standard InChI is InChI=1S/C74H134O6/c1-4-7-10-13-16-19-22-25-27-29-31-33-35-37-39-41-43-45-47-49-52-55-58-61-64-67-73(76)79-70-71(69-78-72(75)66-63-60-57-54-51-24-21-18-15-12-9-6-3)80-74(77)68-65-62-59-56-53-50-48-46-44-42-40-38-36-34-32-30-28-26-23-20-17-14-11-8-5-2/h18,21-22,25,29-32,35,37,71H,4-17,19-20,23-24,26-28,33-34,36,38-70H2,1-3H3/b21-18-,25-22-,31-29-,32-30-,37-35-. The summed E-state index contributed by atoms with van der Waals surface area (Å²) in [5.41, 5.74) is 0. The van der Waals surface area contributed by atoms with Crippen LogP contribution in [0.5, 0.6) is 0 Å². The van der Waals surface area contributed by atoms with Gasteiger partial charge in [-0.05, 0) is 109 Å². The van der Waals surface area contributed by atoms with Crippen LogP contribution in [0, 0.1) is 0 Å². The molecule has 0 radical (unpaired) electrons. The highest BCUT2D eigenvalue weighted by Gasteiger charge is 2.19. The number of ether oxygens (including phenoxy) is 3. The summed E-state index contributed by atoms with van der Waals surface area (Å²) in [7, 11) is 0. The van der Waals surface area contributed by atoms with Gasteiger partial charge < -0.3 is 14.2 Å². The van der Waals surface area contributed by atoms with Gasteiger partial charge in [-0.3, -0.25) is 14.4 Å². The van der Waals surface area contributed by atoms with Gasteiger partial charge in [-0.25, -0.2) is 0 Å². The van der Waals surface area contributed by atoms with Crippen molar-refractivity contribution in [3.63, 3.8) is 0 Å². The van der Waals surface area contributed by atoms with E-state index in [1.165, 1.54) is 257 Å². The van der Waals surface area contributed by atoms with Gasteiger partial charge in [0.2, 0.25) is 0 Å². The van der Waals surface area contributed by atoms with Crippen molar-refractivity contribution >= 4 is 17.9 Å². The zero-order valence-corrected chi connectivity index (χ0v) is 53.6. The van der Waals surface area contributed by atoms with Crippen molar-refractivity contribution in [3.8, 4) is 0 Å². The maximum absolute atomic E-state index is 12.9. The molecule has 0 aliphatic heterocycles. The van der Waals surface area contributed by atoms with Gasteiger partial charge in [-0.2, -0.15) is 0 Å². The first-order valence-corrected chi connectivity index (χ1v) is 35.3. The fraction of sp³-hybridized carbons (Fsp3) is 0.824. The summed E-state index contributed by atoms with van der Waals surface area (Å²) in [5, 5.41) is 0. The van der Waals surface area contributed by atoms with Crippen LogP contribution in [0.3, 0.4) is 0 Å². The van der Waals surface area contributed by atoms with Crippen LogP contribution in [0.25, 0.3) is 0 Å². The molecular weight excluding hydrogens is 985 g/mol. The molecule has 0 saturated carbocycles. The maximum Gasteiger partial charge on any atom is 0.306 e. The van der Waals surface area contributed by atoms with E-state index in [0.717, 1.165) is 77.0 Å². The fourth-order valence-electron chi connectivity index (χ4n) is 10.4. The summed E-state index contributed by atoms with van der Waals surface area (Å²) in [6.07, 6.45) is 88.2. The first-order valence-electron chi connectivity index (χ1n) is 35.3. The van der Waals surface area contributed by atoms with Crippen LogP contribution in [0.15, 0.2) is 60.8 Å². The Labute approximate surface area is 498 Å². The van der Waals surface area contributed by atoms with E-state index >= 15 is 0 Å². The monoisotopic (exact) mass is 1120 g/mol. The van der Waals surface area contributed by atoms with Crippen LogP contribution < -0.4 is 0 Å². The molecular formula is C74H134O6. The summed E-state index contributed by atoms with van der Waals surface area (Å²) < 4.78 is 17.0. The number of carbonyl (C=O) groups excluding carboxylic acids is 3. The molecule has 6 heteroatoms. The molecule has 80 heavy (non-hydrogen) atoms. The summed E-state index contributed by atoms with van der Waals surface area (Å²) in [4.78, 5) is 38.4. The van der Waals surface area contributed by atoms with Crippen molar-refractivity contribution in [2.75, 3.05) is 13.2 Å². The summed E-state index contributed by atoms with van der Waals surface area (Å²) in [5.74, 6) is -0.868. The molecule has 0 aliphatic rings. The lowest BCUT2D eigenvalue weighted by Crippen LogP contribution is -2.30. The van der Waals surface area contributed by atoms with Crippen molar-refractivity contribution in [1.29, 1.82) is 0 Å². The Balaban J connectivity index is 4.25. The Hall–Kier alpha value is -2.89. The van der Waals surface area contributed by atoms with Gasteiger partial charge in [0.15, 0.2) is 6.10 Å². The minimum atomic E-state index is -0.780. The normalized spacial score (nSPS) is 12.4. The third-order valence-corrected chi connectivity index (χ3v) is 15.7. The van der Waals surface area contributed by atoms with Gasteiger partial charge in [0.05, 0.1) is 0 Å². The maximum atomic E-state index is 12.9. The minimum Gasteiger partial charge on any atom is -0.462 e. The highest BCUT2D eigenvalue weighted by atomic mass is 16.6. The number of allylic oxidation sites excluding steroid dienone is 10. The van der Waals surface area contributed by atoms with E-state index in [1.807, 2.05) is 0 Å².